The zero-order valence-electron chi connectivity index (χ0n) is 13.6. The average molecular weight is 329 g/mol. The molecule has 7 heteroatoms. The van der Waals surface area contributed by atoms with Gasteiger partial charge in [0.1, 0.15) is 18.1 Å². The monoisotopic (exact) mass is 329 g/mol. The first-order valence-electron chi connectivity index (χ1n) is 7.75. The SMILES string of the molecule is COc1ccccc1C(=O)N(CC(=O)Nc1cc(C)on1)C1CC1. The van der Waals surface area contributed by atoms with E-state index in [9.17, 15) is 9.59 Å². The number of aryl methyl sites for hydroxylation is 1. The fourth-order valence-corrected chi connectivity index (χ4v) is 2.49. The third-order valence-electron chi connectivity index (χ3n) is 3.80. The minimum absolute atomic E-state index is 0.0343. The van der Waals surface area contributed by atoms with E-state index in [-0.39, 0.29) is 24.4 Å². The number of para-hydroxylation sites is 1. The molecule has 1 aromatic carbocycles. The van der Waals surface area contributed by atoms with Gasteiger partial charge >= 0.3 is 0 Å². The minimum Gasteiger partial charge on any atom is -0.496 e. The number of methoxy groups -OCH3 is 1. The van der Waals surface area contributed by atoms with Gasteiger partial charge in [-0.3, -0.25) is 9.59 Å². The molecule has 1 saturated carbocycles. The first-order chi connectivity index (χ1) is 11.6. The first kappa shape index (κ1) is 16.0. The van der Waals surface area contributed by atoms with Crippen LogP contribution in [0, 0.1) is 6.92 Å². The number of hydrogen-bond donors (Lipinski definition) is 1. The number of aromatic nitrogens is 1. The molecule has 2 amide bonds. The molecule has 1 aromatic heterocycles. The largest absolute Gasteiger partial charge is 0.496 e. The molecular formula is C17H19N3O4. The second kappa shape index (κ2) is 6.74. The predicted molar refractivity (Wildman–Crippen MR) is 86.9 cm³/mol. The highest BCUT2D eigenvalue weighted by Crippen LogP contribution is 2.30. The Hall–Kier alpha value is -2.83. The Labute approximate surface area is 139 Å². The van der Waals surface area contributed by atoms with Crippen molar-refractivity contribution >= 4 is 17.6 Å². The van der Waals surface area contributed by atoms with Gasteiger partial charge in [0.15, 0.2) is 5.82 Å². The van der Waals surface area contributed by atoms with Gasteiger partial charge in [-0.25, -0.2) is 0 Å². The highest BCUT2D eigenvalue weighted by molar-refractivity contribution is 6.01. The predicted octanol–water partition coefficient (Wildman–Crippen LogP) is 2.23. The van der Waals surface area contributed by atoms with Crippen LogP contribution in [0.4, 0.5) is 5.82 Å². The van der Waals surface area contributed by atoms with Gasteiger partial charge in [0.25, 0.3) is 5.91 Å². The molecule has 1 N–H and O–H groups in total. The van der Waals surface area contributed by atoms with Gasteiger partial charge in [0.2, 0.25) is 5.91 Å². The van der Waals surface area contributed by atoms with Crippen molar-refractivity contribution in [1.82, 2.24) is 10.1 Å². The Kier molecular flexibility index (Phi) is 4.50. The molecule has 7 nitrogen and oxygen atoms in total. The number of ether oxygens (including phenoxy) is 1. The second-order valence-electron chi connectivity index (χ2n) is 5.74. The molecule has 1 fully saturated rings. The number of nitrogens with one attached hydrogen (secondary N) is 1. The summed E-state index contributed by atoms with van der Waals surface area (Å²) in [7, 11) is 1.52. The summed E-state index contributed by atoms with van der Waals surface area (Å²) in [4.78, 5) is 26.6. The molecule has 0 spiro atoms. The standard InChI is InChI=1S/C17H19N3O4/c1-11-9-15(19-24-11)18-16(21)10-20(12-7-8-12)17(22)13-5-3-4-6-14(13)23-2/h3-6,9,12H,7-8,10H2,1-2H3,(H,18,19,21). The van der Waals surface area contributed by atoms with Gasteiger partial charge in [0, 0.05) is 12.1 Å². The number of anilines is 1. The van der Waals surface area contributed by atoms with E-state index in [1.807, 2.05) is 0 Å². The van der Waals surface area contributed by atoms with Crippen molar-refractivity contribution in [2.45, 2.75) is 25.8 Å². The van der Waals surface area contributed by atoms with Gasteiger partial charge in [-0.15, -0.1) is 0 Å². The Morgan fingerprint density at radius 3 is 2.75 bits per heavy atom. The van der Waals surface area contributed by atoms with Crippen LogP contribution in [0.1, 0.15) is 29.0 Å². The number of amides is 2. The van der Waals surface area contributed by atoms with E-state index in [2.05, 4.69) is 10.5 Å². The van der Waals surface area contributed by atoms with Gasteiger partial charge in [0.05, 0.1) is 12.7 Å². The molecule has 126 valence electrons. The lowest BCUT2D eigenvalue weighted by molar-refractivity contribution is -0.117. The van der Waals surface area contributed by atoms with Crippen LogP contribution in [-0.4, -0.2) is 41.6 Å². The topological polar surface area (TPSA) is 84.7 Å². The van der Waals surface area contributed by atoms with E-state index in [4.69, 9.17) is 9.26 Å². The number of carbonyl (C=O) groups is 2. The lowest BCUT2D eigenvalue weighted by Gasteiger charge is -2.22. The van der Waals surface area contributed by atoms with Gasteiger partial charge in [-0.1, -0.05) is 17.3 Å². The normalized spacial score (nSPS) is 13.4. The quantitative estimate of drug-likeness (QED) is 0.878. The lowest BCUT2D eigenvalue weighted by Crippen LogP contribution is -2.39. The summed E-state index contributed by atoms with van der Waals surface area (Å²) >= 11 is 0. The lowest BCUT2D eigenvalue weighted by atomic mass is 10.1. The minimum atomic E-state index is -0.307. The van der Waals surface area contributed by atoms with Crippen molar-refractivity contribution in [2.24, 2.45) is 0 Å². The molecule has 0 saturated heterocycles. The fourth-order valence-electron chi connectivity index (χ4n) is 2.49. The van der Waals surface area contributed by atoms with E-state index in [0.717, 1.165) is 12.8 Å². The molecule has 0 unspecified atom stereocenters. The maximum absolute atomic E-state index is 12.8. The number of hydrogen-bond acceptors (Lipinski definition) is 5. The summed E-state index contributed by atoms with van der Waals surface area (Å²) in [6.45, 7) is 1.71. The van der Waals surface area contributed by atoms with Crippen LogP contribution in [0.15, 0.2) is 34.9 Å². The third-order valence-corrected chi connectivity index (χ3v) is 3.80. The van der Waals surface area contributed by atoms with E-state index in [1.165, 1.54) is 7.11 Å². The molecule has 0 radical (unpaired) electrons. The summed E-state index contributed by atoms with van der Waals surface area (Å²) in [5.74, 6) is 0.938. The van der Waals surface area contributed by atoms with Gasteiger partial charge in [-0.05, 0) is 31.9 Å². The molecule has 0 atom stereocenters. The van der Waals surface area contributed by atoms with Gasteiger partial charge in [-0.2, -0.15) is 0 Å². The van der Waals surface area contributed by atoms with Crippen LogP contribution >= 0.6 is 0 Å². The number of carbonyl (C=O) groups excluding carboxylic acids is 2. The highest BCUT2D eigenvalue weighted by Gasteiger charge is 2.35. The molecule has 1 aliphatic rings. The summed E-state index contributed by atoms with van der Waals surface area (Å²) < 4.78 is 10.2. The fraction of sp³-hybridized carbons (Fsp3) is 0.353. The Morgan fingerprint density at radius 2 is 2.12 bits per heavy atom. The average Bonchev–Trinajstić information content (AvgIpc) is 3.34. The zero-order chi connectivity index (χ0) is 17.1. The van der Waals surface area contributed by atoms with E-state index < -0.39 is 0 Å². The molecule has 0 aliphatic heterocycles. The smallest absolute Gasteiger partial charge is 0.258 e. The Balaban J connectivity index is 1.72. The Morgan fingerprint density at radius 1 is 1.38 bits per heavy atom. The van der Waals surface area contributed by atoms with E-state index in [1.54, 1.807) is 42.2 Å². The summed E-state index contributed by atoms with van der Waals surface area (Å²) in [5.41, 5.74) is 0.456. The molecule has 1 heterocycles. The maximum Gasteiger partial charge on any atom is 0.258 e. The molecule has 3 rings (SSSR count). The molecule has 24 heavy (non-hydrogen) atoms. The number of benzene rings is 1. The van der Waals surface area contributed by atoms with Crippen LogP contribution in [0.2, 0.25) is 0 Å². The van der Waals surface area contributed by atoms with Crippen LogP contribution in [0.3, 0.4) is 0 Å². The van der Waals surface area contributed by atoms with Crippen molar-refractivity contribution in [3.8, 4) is 5.75 Å². The summed E-state index contributed by atoms with van der Waals surface area (Å²) in [6.07, 6.45) is 1.80. The van der Waals surface area contributed by atoms with Crippen molar-refractivity contribution in [3.05, 3.63) is 41.7 Å². The second-order valence-corrected chi connectivity index (χ2v) is 5.74. The molecular weight excluding hydrogens is 310 g/mol. The van der Waals surface area contributed by atoms with Gasteiger partial charge < -0.3 is 19.5 Å². The Bertz CT molecular complexity index is 752. The third kappa shape index (κ3) is 3.56. The number of nitrogens with zero attached hydrogens (tertiary/aromatic N) is 2. The van der Waals surface area contributed by atoms with Crippen molar-refractivity contribution < 1.29 is 18.8 Å². The first-order valence-corrected chi connectivity index (χ1v) is 7.75. The highest BCUT2D eigenvalue weighted by atomic mass is 16.5. The summed E-state index contributed by atoms with van der Waals surface area (Å²) in [5, 5.41) is 6.37. The van der Waals surface area contributed by atoms with E-state index >= 15 is 0 Å². The van der Waals surface area contributed by atoms with Crippen molar-refractivity contribution in [3.63, 3.8) is 0 Å². The van der Waals surface area contributed by atoms with Crippen LogP contribution in [0.25, 0.3) is 0 Å². The maximum atomic E-state index is 12.8. The van der Waals surface area contributed by atoms with Crippen molar-refractivity contribution in [2.75, 3.05) is 19.0 Å². The van der Waals surface area contributed by atoms with E-state index in [0.29, 0.717) is 22.9 Å². The van der Waals surface area contributed by atoms with Crippen molar-refractivity contribution in [1.29, 1.82) is 0 Å². The van der Waals surface area contributed by atoms with Crippen LogP contribution in [-0.2, 0) is 4.79 Å². The molecule has 2 aromatic rings. The van der Waals surface area contributed by atoms with Crippen LogP contribution in [0.5, 0.6) is 5.75 Å². The zero-order valence-corrected chi connectivity index (χ0v) is 13.6. The molecule has 0 bridgehead atoms. The molecule has 1 aliphatic carbocycles. The number of rotatable bonds is 6. The summed E-state index contributed by atoms with van der Waals surface area (Å²) in [6, 6.07) is 8.73. The van der Waals surface area contributed by atoms with Crippen LogP contribution < -0.4 is 10.1 Å².